The molecule has 2 heterocycles. The zero-order chi connectivity index (χ0) is 13.0. The van der Waals surface area contributed by atoms with Gasteiger partial charge in [-0.2, -0.15) is 0 Å². The van der Waals surface area contributed by atoms with E-state index in [0.29, 0.717) is 12.3 Å². The van der Waals surface area contributed by atoms with Crippen molar-refractivity contribution < 1.29 is 4.79 Å². The largest absolute Gasteiger partial charge is 0.342 e. The van der Waals surface area contributed by atoms with Crippen molar-refractivity contribution in [2.75, 3.05) is 13.1 Å². The van der Waals surface area contributed by atoms with Crippen LogP contribution in [0.25, 0.3) is 0 Å². The summed E-state index contributed by atoms with van der Waals surface area (Å²) < 4.78 is 0. The third-order valence-corrected chi connectivity index (χ3v) is 4.66. The van der Waals surface area contributed by atoms with E-state index in [9.17, 15) is 4.79 Å². The minimum absolute atomic E-state index is 0.192. The Kier molecular flexibility index (Phi) is 4.78. The second kappa shape index (κ2) is 6.34. The molecule has 1 aliphatic heterocycles. The molecular formula is C14H22N2OS. The van der Waals surface area contributed by atoms with Gasteiger partial charge in [0.15, 0.2) is 0 Å². The molecule has 1 aliphatic rings. The summed E-state index contributed by atoms with van der Waals surface area (Å²) in [6.07, 6.45) is 3.76. The molecule has 1 amide bonds. The van der Waals surface area contributed by atoms with Crippen LogP contribution in [0.15, 0.2) is 17.5 Å². The molecule has 100 valence electrons. The lowest BCUT2D eigenvalue weighted by Gasteiger charge is -2.34. The first kappa shape index (κ1) is 13.6. The summed E-state index contributed by atoms with van der Waals surface area (Å²) in [5, 5.41) is 2.06. The van der Waals surface area contributed by atoms with E-state index in [2.05, 4.69) is 11.4 Å². The summed E-state index contributed by atoms with van der Waals surface area (Å²) in [4.78, 5) is 15.5. The quantitative estimate of drug-likeness (QED) is 0.908. The van der Waals surface area contributed by atoms with Crippen molar-refractivity contribution >= 4 is 17.2 Å². The normalized spacial score (nSPS) is 21.9. The van der Waals surface area contributed by atoms with Gasteiger partial charge in [0, 0.05) is 30.4 Å². The van der Waals surface area contributed by atoms with Crippen molar-refractivity contribution in [1.29, 1.82) is 0 Å². The van der Waals surface area contributed by atoms with Crippen molar-refractivity contribution in [3.8, 4) is 0 Å². The van der Waals surface area contributed by atoms with Crippen LogP contribution in [0.5, 0.6) is 0 Å². The summed E-state index contributed by atoms with van der Waals surface area (Å²) >= 11 is 1.73. The van der Waals surface area contributed by atoms with Gasteiger partial charge >= 0.3 is 0 Å². The highest BCUT2D eigenvalue weighted by Crippen LogP contribution is 2.20. The van der Waals surface area contributed by atoms with Gasteiger partial charge in [0.25, 0.3) is 0 Å². The lowest BCUT2D eigenvalue weighted by atomic mass is 9.92. The van der Waals surface area contributed by atoms with Gasteiger partial charge in [-0.05, 0) is 43.6 Å². The summed E-state index contributed by atoms with van der Waals surface area (Å²) in [6, 6.07) is 4.33. The maximum absolute atomic E-state index is 12.2. The Bertz CT molecular complexity index is 375. The van der Waals surface area contributed by atoms with Gasteiger partial charge in [-0.1, -0.05) is 6.07 Å². The zero-order valence-corrected chi connectivity index (χ0v) is 11.8. The van der Waals surface area contributed by atoms with E-state index < -0.39 is 0 Å². The molecule has 0 aliphatic carbocycles. The SMILES string of the molecule is C[C@H](N)[C@@H]1CCCN(C(=O)CCc2cccs2)C1. The third-order valence-electron chi connectivity index (χ3n) is 3.72. The monoisotopic (exact) mass is 266 g/mol. The average Bonchev–Trinajstić information content (AvgIpc) is 2.89. The van der Waals surface area contributed by atoms with Gasteiger partial charge in [0.2, 0.25) is 5.91 Å². The summed E-state index contributed by atoms with van der Waals surface area (Å²) in [6.45, 7) is 3.80. The predicted molar refractivity (Wildman–Crippen MR) is 75.6 cm³/mol. The molecule has 0 bridgehead atoms. The van der Waals surface area contributed by atoms with Crippen LogP contribution in [0.4, 0.5) is 0 Å². The predicted octanol–water partition coefficient (Wildman–Crippen LogP) is 2.27. The van der Waals surface area contributed by atoms with Crippen LogP contribution in [-0.4, -0.2) is 29.9 Å². The first-order valence-electron chi connectivity index (χ1n) is 6.72. The number of amides is 1. The Morgan fingerprint density at radius 1 is 1.67 bits per heavy atom. The second-order valence-corrected chi connectivity index (χ2v) is 6.21. The van der Waals surface area contributed by atoms with Gasteiger partial charge in [-0.15, -0.1) is 11.3 Å². The van der Waals surface area contributed by atoms with E-state index in [0.717, 1.165) is 32.4 Å². The summed E-state index contributed by atoms with van der Waals surface area (Å²) in [5.41, 5.74) is 5.94. The molecule has 0 aromatic carbocycles. The van der Waals surface area contributed by atoms with E-state index in [4.69, 9.17) is 5.73 Å². The van der Waals surface area contributed by atoms with Crippen molar-refractivity contribution in [2.24, 2.45) is 11.7 Å². The van der Waals surface area contributed by atoms with Gasteiger partial charge < -0.3 is 10.6 Å². The fourth-order valence-corrected chi connectivity index (χ4v) is 3.22. The maximum Gasteiger partial charge on any atom is 0.222 e. The molecule has 0 unspecified atom stereocenters. The van der Waals surface area contributed by atoms with Crippen molar-refractivity contribution in [1.82, 2.24) is 4.90 Å². The summed E-state index contributed by atoms with van der Waals surface area (Å²) in [5.74, 6) is 0.762. The van der Waals surface area contributed by atoms with E-state index >= 15 is 0 Å². The molecule has 0 radical (unpaired) electrons. The topological polar surface area (TPSA) is 46.3 Å². The molecule has 0 spiro atoms. The van der Waals surface area contributed by atoms with E-state index in [1.165, 1.54) is 4.88 Å². The number of rotatable bonds is 4. The number of carbonyl (C=O) groups excluding carboxylic acids is 1. The lowest BCUT2D eigenvalue weighted by Crippen LogP contribution is -2.45. The highest BCUT2D eigenvalue weighted by atomic mass is 32.1. The van der Waals surface area contributed by atoms with Crippen LogP contribution in [0.3, 0.4) is 0 Å². The molecule has 3 nitrogen and oxygen atoms in total. The van der Waals surface area contributed by atoms with Crippen molar-refractivity contribution in [3.05, 3.63) is 22.4 Å². The fourth-order valence-electron chi connectivity index (χ4n) is 2.51. The first-order chi connectivity index (χ1) is 8.66. The number of thiophene rings is 1. The van der Waals surface area contributed by atoms with Crippen molar-refractivity contribution in [2.45, 2.75) is 38.6 Å². The minimum atomic E-state index is 0.192. The number of hydrogen-bond acceptors (Lipinski definition) is 3. The molecule has 2 N–H and O–H groups in total. The maximum atomic E-state index is 12.2. The van der Waals surface area contributed by atoms with Gasteiger partial charge in [0.1, 0.15) is 0 Å². The van der Waals surface area contributed by atoms with Gasteiger partial charge in [-0.3, -0.25) is 4.79 Å². The van der Waals surface area contributed by atoms with Crippen LogP contribution < -0.4 is 5.73 Å². The minimum Gasteiger partial charge on any atom is -0.342 e. The number of nitrogens with zero attached hydrogens (tertiary/aromatic N) is 1. The number of aryl methyl sites for hydroxylation is 1. The number of likely N-dealkylation sites (tertiary alicyclic amines) is 1. The molecule has 18 heavy (non-hydrogen) atoms. The summed E-state index contributed by atoms with van der Waals surface area (Å²) in [7, 11) is 0. The Labute approximate surface area is 113 Å². The Morgan fingerprint density at radius 2 is 2.50 bits per heavy atom. The fraction of sp³-hybridized carbons (Fsp3) is 0.643. The standard InChI is InChI=1S/C14H22N2OS/c1-11(15)12-4-2-8-16(10-12)14(17)7-6-13-5-3-9-18-13/h3,5,9,11-12H,2,4,6-8,10,15H2,1H3/t11-,12+/m0/s1. The molecule has 1 saturated heterocycles. The molecule has 1 aromatic heterocycles. The second-order valence-electron chi connectivity index (χ2n) is 5.18. The van der Waals surface area contributed by atoms with Crippen LogP contribution >= 0.6 is 11.3 Å². The number of hydrogen-bond donors (Lipinski definition) is 1. The Hall–Kier alpha value is -0.870. The molecule has 2 rings (SSSR count). The lowest BCUT2D eigenvalue weighted by molar-refractivity contribution is -0.133. The highest BCUT2D eigenvalue weighted by Gasteiger charge is 2.25. The van der Waals surface area contributed by atoms with E-state index in [-0.39, 0.29) is 11.9 Å². The molecule has 1 aromatic rings. The Balaban J connectivity index is 1.81. The molecule has 2 atom stereocenters. The third kappa shape index (κ3) is 3.56. The van der Waals surface area contributed by atoms with Gasteiger partial charge in [-0.25, -0.2) is 0 Å². The van der Waals surface area contributed by atoms with Crippen LogP contribution in [0.1, 0.15) is 31.1 Å². The van der Waals surface area contributed by atoms with Crippen LogP contribution in [0, 0.1) is 5.92 Å². The number of nitrogens with two attached hydrogens (primary N) is 1. The van der Waals surface area contributed by atoms with Crippen LogP contribution in [0.2, 0.25) is 0 Å². The van der Waals surface area contributed by atoms with Crippen LogP contribution in [-0.2, 0) is 11.2 Å². The Morgan fingerprint density at radius 3 is 3.17 bits per heavy atom. The highest BCUT2D eigenvalue weighted by molar-refractivity contribution is 7.09. The molecular weight excluding hydrogens is 244 g/mol. The smallest absolute Gasteiger partial charge is 0.222 e. The number of piperidine rings is 1. The molecule has 1 fully saturated rings. The van der Waals surface area contributed by atoms with Gasteiger partial charge in [0.05, 0.1) is 0 Å². The number of carbonyl (C=O) groups is 1. The van der Waals surface area contributed by atoms with Crippen molar-refractivity contribution in [3.63, 3.8) is 0 Å². The van der Waals surface area contributed by atoms with E-state index in [1.54, 1.807) is 11.3 Å². The zero-order valence-electron chi connectivity index (χ0n) is 11.0. The molecule has 0 saturated carbocycles. The first-order valence-corrected chi connectivity index (χ1v) is 7.60. The average molecular weight is 266 g/mol. The van der Waals surface area contributed by atoms with E-state index in [1.807, 2.05) is 17.9 Å². The molecule has 4 heteroatoms.